The largest absolute Gasteiger partial charge is 0.444 e. The molecule has 4 aliphatic rings. The first-order valence-electron chi connectivity index (χ1n) is 17.9. The van der Waals surface area contributed by atoms with Crippen LogP contribution in [0.15, 0.2) is 36.4 Å². The molecule has 0 unspecified atom stereocenters. The van der Waals surface area contributed by atoms with E-state index in [1.807, 2.05) is 26.8 Å². The second-order valence-corrected chi connectivity index (χ2v) is 16.6. The number of carbonyl (C=O) groups excluding carboxylic acids is 6. The van der Waals surface area contributed by atoms with Crippen molar-refractivity contribution in [3.8, 4) is 0 Å². The number of allylic oxidation sites excluding steroid dienone is 1. The number of para-hydroxylation sites is 2. The molecule has 5 amide bonds. The summed E-state index contributed by atoms with van der Waals surface area (Å²) in [7, 11) is 0. The molecule has 4 atom stereocenters. The minimum absolute atomic E-state index is 0.0807. The van der Waals surface area contributed by atoms with Crippen molar-refractivity contribution in [2.45, 2.75) is 129 Å². The van der Waals surface area contributed by atoms with Crippen LogP contribution in [0.25, 0.3) is 0 Å². The fourth-order valence-corrected chi connectivity index (χ4v) is 7.77. The van der Waals surface area contributed by atoms with Gasteiger partial charge in [-0.3, -0.25) is 24.0 Å². The van der Waals surface area contributed by atoms with Gasteiger partial charge >= 0.3 is 6.09 Å². The average Bonchev–Trinajstić information content (AvgIpc) is 3.51. The summed E-state index contributed by atoms with van der Waals surface area (Å²) in [6, 6.07) is 3.59. The van der Waals surface area contributed by atoms with Crippen molar-refractivity contribution >= 4 is 46.9 Å². The maximum absolute atomic E-state index is 14.4. The second-order valence-electron chi connectivity index (χ2n) is 16.6. The van der Waals surface area contributed by atoms with Crippen molar-refractivity contribution in [3.05, 3.63) is 36.4 Å². The summed E-state index contributed by atoms with van der Waals surface area (Å²) in [4.78, 5) is 82.8. The highest BCUT2D eigenvalue weighted by Crippen LogP contribution is 2.77. The van der Waals surface area contributed by atoms with Gasteiger partial charge in [-0.1, -0.05) is 51.5 Å². The number of amides is 5. The summed E-state index contributed by atoms with van der Waals surface area (Å²) < 4.78 is 5.49. The van der Waals surface area contributed by atoms with E-state index in [1.54, 1.807) is 56.0 Å². The van der Waals surface area contributed by atoms with Gasteiger partial charge in [0, 0.05) is 13.0 Å². The summed E-state index contributed by atoms with van der Waals surface area (Å²) >= 11 is 0. The lowest BCUT2D eigenvalue weighted by atomic mass is 9.74. The summed E-state index contributed by atoms with van der Waals surface area (Å²) in [5.41, 5.74) is -0.916. The zero-order valence-electron chi connectivity index (χ0n) is 30.3. The lowest BCUT2D eigenvalue weighted by Crippen LogP contribution is -2.59. The minimum Gasteiger partial charge on any atom is -0.444 e. The Kier molecular flexibility index (Phi) is 10.5. The number of benzene rings is 1. The molecule has 2 aliphatic heterocycles. The van der Waals surface area contributed by atoms with Crippen molar-refractivity contribution < 1.29 is 33.5 Å². The molecular weight excluding hydrogens is 638 g/mol. The highest BCUT2D eigenvalue weighted by atomic mass is 16.6. The molecule has 2 saturated carbocycles. The van der Waals surface area contributed by atoms with E-state index in [4.69, 9.17) is 4.74 Å². The molecule has 3 fully saturated rings. The van der Waals surface area contributed by atoms with Gasteiger partial charge in [-0.2, -0.15) is 0 Å². The van der Waals surface area contributed by atoms with Crippen LogP contribution in [0.3, 0.4) is 0 Å². The van der Waals surface area contributed by atoms with Gasteiger partial charge in [-0.15, -0.1) is 0 Å². The number of anilines is 2. The lowest BCUT2D eigenvalue weighted by molar-refractivity contribution is -0.143. The van der Waals surface area contributed by atoms with Gasteiger partial charge in [-0.25, -0.2) is 4.79 Å². The van der Waals surface area contributed by atoms with Gasteiger partial charge in [0.15, 0.2) is 0 Å². The number of fused-ring (bicyclic) bond motifs is 2. The van der Waals surface area contributed by atoms with Gasteiger partial charge in [0.05, 0.1) is 11.4 Å². The number of ketones is 1. The fraction of sp³-hybridized carbons (Fsp3) is 0.632. The Morgan fingerprint density at radius 3 is 2.20 bits per heavy atom. The summed E-state index contributed by atoms with van der Waals surface area (Å²) in [6.07, 6.45) is 10.0. The molecule has 1 aromatic carbocycles. The predicted octanol–water partition coefficient (Wildman–Crippen LogP) is 5.24. The number of carbonyl (C=O) groups is 6. The first-order valence-corrected chi connectivity index (χ1v) is 17.9. The molecule has 0 radical (unpaired) electrons. The molecule has 4 N–H and O–H groups in total. The predicted molar refractivity (Wildman–Crippen MR) is 189 cm³/mol. The van der Waals surface area contributed by atoms with Crippen LogP contribution in [0, 0.1) is 16.2 Å². The van der Waals surface area contributed by atoms with Gasteiger partial charge in [0.1, 0.15) is 23.7 Å². The lowest BCUT2D eigenvalue weighted by Gasteiger charge is -2.36. The molecule has 0 aromatic heterocycles. The number of nitrogens with zero attached hydrogens (tertiary/aromatic N) is 1. The van der Waals surface area contributed by atoms with Crippen LogP contribution in [-0.2, 0) is 28.7 Å². The monoisotopic (exact) mass is 691 g/mol. The molecule has 2 heterocycles. The molecule has 12 heteroatoms. The Bertz CT molecular complexity index is 1550. The van der Waals surface area contributed by atoms with Crippen molar-refractivity contribution in [2.75, 3.05) is 17.2 Å². The molecule has 272 valence electrons. The maximum Gasteiger partial charge on any atom is 0.408 e. The smallest absolute Gasteiger partial charge is 0.408 e. The normalized spacial score (nSPS) is 26.7. The quantitative estimate of drug-likeness (QED) is 0.248. The summed E-state index contributed by atoms with van der Waals surface area (Å²) in [6.45, 7) is 11.2. The van der Waals surface area contributed by atoms with Crippen molar-refractivity contribution in [1.82, 2.24) is 15.5 Å². The van der Waals surface area contributed by atoms with Crippen molar-refractivity contribution in [3.63, 3.8) is 0 Å². The maximum atomic E-state index is 14.4. The number of ether oxygens (including phenoxy) is 1. The van der Waals surface area contributed by atoms with Crippen LogP contribution < -0.4 is 21.3 Å². The zero-order valence-corrected chi connectivity index (χ0v) is 30.3. The highest BCUT2D eigenvalue weighted by Gasteiger charge is 2.73. The molecule has 2 spiro atoms. The van der Waals surface area contributed by atoms with Crippen LogP contribution in [-0.4, -0.2) is 70.7 Å². The number of nitrogens with one attached hydrogen (secondary N) is 4. The van der Waals surface area contributed by atoms with E-state index in [9.17, 15) is 28.8 Å². The van der Waals surface area contributed by atoms with Crippen molar-refractivity contribution in [1.29, 1.82) is 0 Å². The van der Waals surface area contributed by atoms with E-state index >= 15 is 0 Å². The number of hydrogen-bond donors (Lipinski definition) is 4. The van der Waals surface area contributed by atoms with Crippen LogP contribution in [0.2, 0.25) is 0 Å². The third-order valence-electron chi connectivity index (χ3n) is 10.6. The van der Waals surface area contributed by atoms with Crippen LogP contribution in [0.4, 0.5) is 16.2 Å². The van der Waals surface area contributed by atoms with Gasteiger partial charge < -0.3 is 30.9 Å². The molecule has 12 nitrogen and oxygen atoms in total. The van der Waals surface area contributed by atoms with Gasteiger partial charge in [0.25, 0.3) is 5.91 Å². The van der Waals surface area contributed by atoms with E-state index in [-0.39, 0.29) is 34.8 Å². The molecule has 50 heavy (non-hydrogen) atoms. The number of rotatable bonds is 4. The molecule has 5 rings (SSSR count). The molecule has 0 bridgehead atoms. The Morgan fingerprint density at radius 2 is 1.60 bits per heavy atom. The van der Waals surface area contributed by atoms with Gasteiger partial charge in [-0.05, 0) is 101 Å². The van der Waals surface area contributed by atoms with Crippen LogP contribution >= 0.6 is 0 Å². The average molecular weight is 692 g/mol. The number of alkyl carbamates (subject to hydrolysis) is 1. The Balaban J connectivity index is 1.39. The van der Waals surface area contributed by atoms with E-state index in [2.05, 4.69) is 21.3 Å². The Labute approximate surface area is 294 Å². The SMILES string of the molecule is CC(C)(C)OC(=O)N[C@H](C(=O)N1C[C@]2(C[C@H]1C(=O)N[C@@H]1C/C=C/CCCCC(=O)Nc3ccccc3NC(=O)C1=O)CC21CCC1)C(C)(C)C. The summed E-state index contributed by atoms with van der Waals surface area (Å²) in [5.74, 6) is -2.85. The third kappa shape index (κ3) is 8.21. The third-order valence-corrected chi connectivity index (χ3v) is 10.6. The molecule has 2 aliphatic carbocycles. The fourth-order valence-electron chi connectivity index (χ4n) is 7.77. The molecular formula is C38H53N5O7. The topological polar surface area (TPSA) is 163 Å². The molecule has 1 aromatic rings. The first-order chi connectivity index (χ1) is 23.4. The Hall–Kier alpha value is -4.22. The van der Waals surface area contributed by atoms with Crippen LogP contribution in [0.5, 0.6) is 0 Å². The zero-order chi connectivity index (χ0) is 36.5. The number of hydrogen-bond acceptors (Lipinski definition) is 7. The standard InChI is InChI=1S/C38H53N5O7/c1-35(2,3)30(42-34(49)50-36(4,5)6)33(48)43-23-38(22-37(38)19-14-20-37)21-27(43)31(46)41-26-17-10-8-7-9-11-18-28(44)39-24-15-12-13-16-25(24)40-32(47)29(26)45/h8,10,12-13,15-16,26-27,30H,7,9,11,14,17-23H2,1-6H3,(H,39,44)(H,40,47)(H,41,46)(H,42,49)/b10-8+/t26-,27+,30-,38+/m1/s1. The number of likely N-dealkylation sites (tertiary alicyclic amines) is 1. The van der Waals surface area contributed by atoms with E-state index in [1.165, 1.54) is 0 Å². The molecule has 1 saturated heterocycles. The van der Waals surface area contributed by atoms with E-state index in [0.717, 1.165) is 32.1 Å². The minimum atomic E-state index is -1.19. The second kappa shape index (κ2) is 14.2. The highest BCUT2D eigenvalue weighted by molar-refractivity contribution is 6.43. The number of Topliss-reactive ketones (excluding diaryl/α,β-unsaturated/α-hetero) is 1. The van der Waals surface area contributed by atoms with Crippen LogP contribution in [0.1, 0.15) is 106 Å². The van der Waals surface area contributed by atoms with Gasteiger partial charge in [0.2, 0.25) is 23.5 Å². The van der Waals surface area contributed by atoms with Crippen molar-refractivity contribution in [2.24, 2.45) is 16.2 Å². The summed E-state index contributed by atoms with van der Waals surface area (Å²) in [5, 5.41) is 11.1. The first kappa shape index (κ1) is 37.0. The van der Waals surface area contributed by atoms with E-state index in [0.29, 0.717) is 37.9 Å². The Morgan fingerprint density at radius 1 is 0.920 bits per heavy atom. The van der Waals surface area contributed by atoms with E-state index < -0.39 is 52.8 Å².